The van der Waals surface area contributed by atoms with Gasteiger partial charge in [0.2, 0.25) is 0 Å². The highest BCUT2D eigenvalue weighted by molar-refractivity contribution is 6.21. The van der Waals surface area contributed by atoms with Gasteiger partial charge in [-0.3, -0.25) is 9.59 Å². The van der Waals surface area contributed by atoms with Gasteiger partial charge >= 0.3 is 0 Å². The molecule has 0 amide bonds. The fourth-order valence-corrected chi connectivity index (χ4v) is 3.25. The lowest BCUT2D eigenvalue weighted by Gasteiger charge is -2.15. The van der Waals surface area contributed by atoms with Crippen molar-refractivity contribution in [2.75, 3.05) is 0 Å². The van der Waals surface area contributed by atoms with Gasteiger partial charge in [-0.2, -0.15) is 0 Å². The summed E-state index contributed by atoms with van der Waals surface area (Å²) in [4.78, 5) is 23.2. The SMILES string of the molecule is O=C1C=CC(=O)C2=C1[C@H]1C[C@@H]2[C@H]2O[C@H]21. The summed E-state index contributed by atoms with van der Waals surface area (Å²) in [6, 6.07) is 0. The van der Waals surface area contributed by atoms with E-state index in [1.165, 1.54) is 12.2 Å². The summed E-state index contributed by atoms with van der Waals surface area (Å²) in [6.07, 6.45) is 4.27. The Balaban J connectivity index is 1.94. The molecule has 3 aliphatic carbocycles. The van der Waals surface area contributed by atoms with E-state index in [0.29, 0.717) is 0 Å². The van der Waals surface area contributed by atoms with Crippen molar-refractivity contribution in [3.63, 3.8) is 0 Å². The van der Waals surface area contributed by atoms with Crippen molar-refractivity contribution < 1.29 is 14.3 Å². The summed E-state index contributed by atoms with van der Waals surface area (Å²) in [6.45, 7) is 0. The Hall–Kier alpha value is -1.22. The van der Waals surface area contributed by atoms with Crippen LogP contribution in [0.4, 0.5) is 0 Å². The van der Waals surface area contributed by atoms with E-state index in [0.717, 1.165) is 17.6 Å². The van der Waals surface area contributed by atoms with Crippen LogP contribution in [0.1, 0.15) is 6.42 Å². The average molecular weight is 188 g/mol. The summed E-state index contributed by atoms with van der Waals surface area (Å²) in [5, 5.41) is 0. The normalized spacial score (nSPS) is 47.1. The Morgan fingerprint density at radius 3 is 2.00 bits per heavy atom. The van der Waals surface area contributed by atoms with Crippen LogP contribution in [0.25, 0.3) is 0 Å². The van der Waals surface area contributed by atoms with E-state index in [1.807, 2.05) is 0 Å². The molecule has 0 radical (unpaired) electrons. The lowest BCUT2D eigenvalue weighted by molar-refractivity contribution is -0.115. The molecule has 2 fully saturated rings. The van der Waals surface area contributed by atoms with E-state index in [1.54, 1.807) is 0 Å². The minimum Gasteiger partial charge on any atom is -0.368 e. The first-order valence-electron chi connectivity index (χ1n) is 4.93. The smallest absolute Gasteiger partial charge is 0.182 e. The van der Waals surface area contributed by atoms with E-state index in [-0.39, 0.29) is 35.6 Å². The van der Waals surface area contributed by atoms with E-state index < -0.39 is 0 Å². The predicted molar refractivity (Wildman–Crippen MR) is 46.4 cm³/mol. The van der Waals surface area contributed by atoms with Crippen molar-refractivity contribution in [2.45, 2.75) is 18.6 Å². The predicted octanol–water partition coefficient (Wildman–Crippen LogP) is 0.408. The van der Waals surface area contributed by atoms with Gasteiger partial charge in [0.05, 0.1) is 12.2 Å². The molecule has 14 heavy (non-hydrogen) atoms. The lowest BCUT2D eigenvalue weighted by atomic mass is 9.84. The van der Waals surface area contributed by atoms with Gasteiger partial charge in [-0.1, -0.05) is 0 Å². The lowest BCUT2D eigenvalue weighted by Crippen LogP contribution is -2.23. The van der Waals surface area contributed by atoms with Crippen molar-refractivity contribution in [1.29, 1.82) is 0 Å². The number of allylic oxidation sites excluding steroid dienone is 2. The van der Waals surface area contributed by atoms with E-state index in [4.69, 9.17) is 4.74 Å². The molecule has 1 aliphatic heterocycles. The first-order valence-corrected chi connectivity index (χ1v) is 4.93. The molecule has 0 spiro atoms. The molecular weight excluding hydrogens is 180 g/mol. The number of hydrogen-bond donors (Lipinski definition) is 0. The van der Waals surface area contributed by atoms with Crippen LogP contribution in [-0.4, -0.2) is 23.8 Å². The highest BCUT2D eigenvalue weighted by atomic mass is 16.6. The molecule has 1 heterocycles. The van der Waals surface area contributed by atoms with Crippen LogP contribution < -0.4 is 0 Å². The van der Waals surface area contributed by atoms with Gasteiger partial charge in [0, 0.05) is 23.0 Å². The Morgan fingerprint density at radius 1 is 1.00 bits per heavy atom. The maximum Gasteiger partial charge on any atom is 0.182 e. The van der Waals surface area contributed by atoms with E-state index in [9.17, 15) is 9.59 Å². The van der Waals surface area contributed by atoms with Gasteiger partial charge in [0.25, 0.3) is 0 Å². The first kappa shape index (κ1) is 7.12. The van der Waals surface area contributed by atoms with Gasteiger partial charge in [-0.15, -0.1) is 0 Å². The molecule has 4 rings (SSSR count). The molecular formula is C11H8O3. The van der Waals surface area contributed by atoms with Crippen molar-refractivity contribution in [1.82, 2.24) is 0 Å². The summed E-state index contributed by atoms with van der Waals surface area (Å²) in [5.41, 5.74) is 1.53. The van der Waals surface area contributed by atoms with Crippen LogP contribution in [0, 0.1) is 11.8 Å². The van der Waals surface area contributed by atoms with Crippen molar-refractivity contribution >= 4 is 11.6 Å². The molecule has 0 N–H and O–H groups in total. The second-order valence-electron chi connectivity index (χ2n) is 4.40. The zero-order valence-electron chi connectivity index (χ0n) is 7.40. The van der Waals surface area contributed by atoms with Gasteiger partial charge in [-0.05, 0) is 18.6 Å². The van der Waals surface area contributed by atoms with Crippen molar-refractivity contribution in [3.05, 3.63) is 23.3 Å². The number of ether oxygens (including phenoxy) is 1. The highest BCUT2D eigenvalue weighted by Crippen LogP contribution is 2.59. The largest absolute Gasteiger partial charge is 0.368 e. The van der Waals surface area contributed by atoms with Crippen LogP contribution >= 0.6 is 0 Å². The average Bonchev–Trinajstić information content (AvgIpc) is 2.79. The van der Waals surface area contributed by atoms with Gasteiger partial charge in [0.15, 0.2) is 11.6 Å². The van der Waals surface area contributed by atoms with Gasteiger partial charge < -0.3 is 4.74 Å². The quantitative estimate of drug-likeness (QED) is 0.408. The molecule has 70 valence electrons. The minimum absolute atomic E-state index is 0.0288. The Morgan fingerprint density at radius 2 is 1.50 bits per heavy atom. The van der Waals surface area contributed by atoms with Crippen LogP contribution in [0.3, 0.4) is 0 Å². The summed E-state index contributed by atoms with van der Waals surface area (Å²) < 4.78 is 5.45. The highest BCUT2D eigenvalue weighted by Gasteiger charge is 2.65. The molecule has 4 atom stereocenters. The minimum atomic E-state index is 0.0288. The Kier molecular flexibility index (Phi) is 0.971. The molecule has 1 saturated heterocycles. The number of epoxide rings is 1. The number of carbonyl (C=O) groups excluding carboxylic acids is 2. The summed E-state index contributed by atoms with van der Waals surface area (Å²) >= 11 is 0. The fraction of sp³-hybridized carbons (Fsp3) is 0.455. The second kappa shape index (κ2) is 1.91. The number of carbonyl (C=O) groups is 2. The molecule has 0 aromatic heterocycles. The third kappa shape index (κ3) is 0.591. The van der Waals surface area contributed by atoms with E-state index >= 15 is 0 Å². The number of hydrogen-bond acceptors (Lipinski definition) is 3. The number of fused-ring (bicyclic) bond motifs is 7. The molecule has 3 nitrogen and oxygen atoms in total. The van der Waals surface area contributed by atoms with Crippen LogP contribution in [0.5, 0.6) is 0 Å². The van der Waals surface area contributed by atoms with Crippen molar-refractivity contribution in [3.8, 4) is 0 Å². The Labute approximate surface area is 80.4 Å². The molecule has 0 aromatic carbocycles. The topological polar surface area (TPSA) is 46.7 Å². The molecule has 0 unspecified atom stereocenters. The van der Waals surface area contributed by atoms with Gasteiger partial charge in [0.1, 0.15) is 0 Å². The molecule has 2 bridgehead atoms. The zero-order valence-corrected chi connectivity index (χ0v) is 7.40. The van der Waals surface area contributed by atoms with Crippen LogP contribution in [0.2, 0.25) is 0 Å². The number of rotatable bonds is 0. The monoisotopic (exact) mass is 188 g/mol. The first-order chi connectivity index (χ1) is 6.77. The third-order valence-electron chi connectivity index (χ3n) is 3.81. The van der Waals surface area contributed by atoms with Gasteiger partial charge in [-0.25, -0.2) is 0 Å². The Bertz CT molecular complexity index is 405. The second-order valence-corrected chi connectivity index (χ2v) is 4.40. The molecule has 4 aliphatic rings. The van der Waals surface area contributed by atoms with Crippen molar-refractivity contribution in [2.24, 2.45) is 11.8 Å². The molecule has 0 aromatic rings. The summed E-state index contributed by atoms with van der Waals surface area (Å²) in [5.74, 6) is 0.505. The fourth-order valence-electron chi connectivity index (χ4n) is 3.25. The third-order valence-corrected chi connectivity index (χ3v) is 3.81. The van der Waals surface area contributed by atoms with E-state index in [2.05, 4.69) is 0 Å². The standard InChI is InChI=1S/C11H8O3/c12-6-1-2-7(13)9-5-3-4(8(6)9)10-11(5)14-10/h1-2,4-5,10-11H,3H2/t4-,5+,10+,11-. The maximum absolute atomic E-state index is 11.6. The summed E-state index contributed by atoms with van der Waals surface area (Å²) in [7, 11) is 0. The maximum atomic E-state index is 11.6. The number of ketones is 2. The molecule has 3 heteroatoms. The zero-order chi connectivity index (χ0) is 9.45. The molecule has 1 saturated carbocycles. The van der Waals surface area contributed by atoms with Crippen LogP contribution in [0.15, 0.2) is 23.3 Å². The van der Waals surface area contributed by atoms with Crippen LogP contribution in [-0.2, 0) is 14.3 Å².